The summed E-state index contributed by atoms with van der Waals surface area (Å²) in [5.74, 6) is 1.09. The average molecular weight is 221 g/mol. The molecule has 86 valence electrons. The summed E-state index contributed by atoms with van der Waals surface area (Å²) in [6, 6.07) is 3.12. The van der Waals surface area contributed by atoms with Crippen LogP contribution in [-0.4, -0.2) is 23.0 Å². The van der Waals surface area contributed by atoms with Gasteiger partial charge in [0.2, 0.25) is 5.82 Å². The fourth-order valence-corrected chi connectivity index (χ4v) is 2.16. The molecule has 1 saturated heterocycles. The molecule has 1 aromatic heterocycles. The number of nitro groups is 1. The van der Waals surface area contributed by atoms with Gasteiger partial charge >= 0.3 is 5.69 Å². The molecule has 0 saturated carbocycles. The molecule has 0 amide bonds. The van der Waals surface area contributed by atoms with Gasteiger partial charge in [0.05, 0.1) is 4.92 Å². The first-order valence-electron chi connectivity index (χ1n) is 5.53. The number of hydrogen-bond acceptors (Lipinski definition) is 4. The predicted octanol–water partition coefficient (Wildman–Crippen LogP) is 2.23. The molecule has 0 aromatic carbocycles. The zero-order valence-corrected chi connectivity index (χ0v) is 9.30. The molecule has 1 unspecified atom stereocenters. The second kappa shape index (κ2) is 4.47. The van der Waals surface area contributed by atoms with Crippen molar-refractivity contribution < 1.29 is 4.92 Å². The molecule has 5 nitrogen and oxygen atoms in total. The van der Waals surface area contributed by atoms with Gasteiger partial charge in [-0.2, -0.15) is 0 Å². The van der Waals surface area contributed by atoms with Crippen LogP contribution < -0.4 is 4.90 Å². The number of piperidine rings is 1. The first-order valence-corrected chi connectivity index (χ1v) is 5.53. The molecule has 1 aromatic rings. The summed E-state index contributed by atoms with van der Waals surface area (Å²) in [6.07, 6.45) is 3.88. The monoisotopic (exact) mass is 221 g/mol. The summed E-state index contributed by atoms with van der Waals surface area (Å²) < 4.78 is 0. The van der Waals surface area contributed by atoms with E-state index in [1.807, 2.05) is 4.90 Å². The highest BCUT2D eigenvalue weighted by molar-refractivity contribution is 5.57. The Morgan fingerprint density at radius 3 is 3.12 bits per heavy atom. The number of rotatable bonds is 2. The van der Waals surface area contributed by atoms with Crippen molar-refractivity contribution in [3.8, 4) is 0 Å². The Hall–Kier alpha value is -1.65. The van der Waals surface area contributed by atoms with E-state index in [0.717, 1.165) is 19.5 Å². The van der Waals surface area contributed by atoms with E-state index >= 15 is 0 Å². The smallest absolute Gasteiger partial charge is 0.311 e. The van der Waals surface area contributed by atoms with Gasteiger partial charge in [-0.15, -0.1) is 0 Å². The van der Waals surface area contributed by atoms with E-state index in [1.165, 1.54) is 12.5 Å². The Labute approximate surface area is 94.2 Å². The minimum Gasteiger partial charge on any atom is -0.351 e. The lowest BCUT2D eigenvalue weighted by Gasteiger charge is -2.31. The molecule has 1 aliphatic heterocycles. The van der Waals surface area contributed by atoms with E-state index in [0.29, 0.717) is 11.7 Å². The van der Waals surface area contributed by atoms with Gasteiger partial charge in [-0.25, -0.2) is 4.98 Å². The first kappa shape index (κ1) is 10.9. The third-order valence-corrected chi connectivity index (χ3v) is 2.92. The highest BCUT2D eigenvalue weighted by Gasteiger charge is 2.24. The summed E-state index contributed by atoms with van der Waals surface area (Å²) in [4.78, 5) is 16.7. The molecular formula is C11H15N3O2. The van der Waals surface area contributed by atoms with Crippen LogP contribution >= 0.6 is 0 Å². The van der Waals surface area contributed by atoms with Crippen LogP contribution in [0.3, 0.4) is 0 Å². The van der Waals surface area contributed by atoms with Crippen LogP contribution in [0.5, 0.6) is 0 Å². The van der Waals surface area contributed by atoms with E-state index < -0.39 is 0 Å². The predicted molar refractivity (Wildman–Crippen MR) is 61.5 cm³/mol. The van der Waals surface area contributed by atoms with Gasteiger partial charge in [-0.3, -0.25) is 10.1 Å². The molecule has 0 radical (unpaired) electrons. The maximum absolute atomic E-state index is 10.9. The number of anilines is 1. The molecule has 5 heteroatoms. The van der Waals surface area contributed by atoms with E-state index in [1.54, 1.807) is 12.3 Å². The molecule has 2 rings (SSSR count). The van der Waals surface area contributed by atoms with Crippen molar-refractivity contribution in [3.63, 3.8) is 0 Å². The highest BCUT2D eigenvalue weighted by Crippen LogP contribution is 2.28. The number of aromatic nitrogens is 1. The maximum atomic E-state index is 10.9. The van der Waals surface area contributed by atoms with Crippen LogP contribution in [0.4, 0.5) is 11.5 Å². The maximum Gasteiger partial charge on any atom is 0.311 e. The van der Waals surface area contributed by atoms with Crippen molar-refractivity contribution in [1.82, 2.24) is 4.98 Å². The summed E-state index contributed by atoms with van der Waals surface area (Å²) in [6.45, 7) is 3.89. The second-order valence-electron chi connectivity index (χ2n) is 4.30. The molecule has 1 aliphatic rings. The molecule has 16 heavy (non-hydrogen) atoms. The van der Waals surface area contributed by atoms with Crippen LogP contribution in [0, 0.1) is 16.0 Å². The summed E-state index contributed by atoms with van der Waals surface area (Å²) in [7, 11) is 0. The number of hydrogen-bond donors (Lipinski definition) is 0. The highest BCUT2D eigenvalue weighted by atomic mass is 16.6. The Kier molecular flexibility index (Phi) is 3.03. The first-order chi connectivity index (χ1) is 7.68. The van der Waals surface area contributed by atoms with Gasteiger partial charge in [-0.05, 0) is 24.8 Å². The molecule has 0 N–H and O–H groups in total. The van der Waals surface area contributed by atoms with Crippen LogP contribution in [-0.2, 0) is 0 Å². The summed E-state index contributed by atoms with van der Waals surface area (Å²) in [5.41, 5.74) is 0.108. The minimum atomic E-state index is -0.360. The average Bonchev–Trinajstić information content (AvgIpc) is 2.29. The van der Waals surface area contributed by atoms with Crippen molar-refractivity contribution in [2.45, 2.75) is 19.8 Å². The van der Waals surface area contributed by atoms with Gasteiger partial charge in [0.25, 0.3) is 0 Å². The Balaban J connectivity index is 2.28. The van der Waals surface area contributed by atoms with Crippen molar-refractivity contribution in [3.05, 3.63) is 28.4 Å². The topological polar surface area (TPSA) is 59.3 Å². The molecule has 1 atom stereocenters. The third kappa shape index (κ3) is 2.13. The lowest BCUT2D eigenvalue weighted by molar-refractivity contribution is -0.384. The summed E-state index contributed by atoms with van der Waals surface area (Å²) in [5, 5.41) is 10.9. The van der Waals surface area contributed by atoms with E-state index in [4.69, 9.17) is 0 Å². The molecule has 0 spiro atoms. The zero-order valence-electron chi connectivity index (χ0n) is 9.30. The molecular weight excluding hydrogens is 206 g/mol. The van der Waals surface area contributed by atoms with E-state index in [-0.39, 0.29) is 10.6 Å². The normalized spacial score (nSPS) is 20.8. The van der Waals surface area contributed by atoms with Crippen molar-refractivity contribution in [2.75, 3.05) is 18.0 Å². The molecule has 1 fully saturated rings. The van der Waals surface area contributed by atoms with Gasteiger partial charge < -0.3 is 4.90 Å². The van der Waals surface area contributed by atoms with Gasteiger partial charge in [0, 0.05) is 25.4 Å². The Morgan fingerprint density at radius 1 is 1.62 bits per heavy atom. The fourth-order valence-electron chi connectivity index (χ4n) is 2.16. The van der Waals surface area contributed by atoms with Crippen molar-refractivity contribution in [2.24, 2.45) is 5.92 Å². The quantitative estimate of drug-likeness (QED) is 0.567. The number of pyridine rings is 1. The van der Waals surface area contributed by atoms with E-state index in [2.05, 4.69) is 11.9 Å². The van der Waals surface area contributed by atoms with Crippen molar-refractivity contribution >= 4 is 11.5 Å². The second-order valence-corrected chi connectivity index (χ2v) is 4.30. The van der Waals surface area contributed by atoms with Gasteiger partial charge in [-0.1, -0.05) is 6.92 Å². The van der Waals surface area contributed by atoms with Gasteiger partial charge in [0.15, 0.2) is 0 Å². The van der Waals surface area contributed by atoms with Crippen molar-refractivity contribution in [1.29, 1.82) is 0 Å². The summed E-state index contributed by atoms with van der Waals surface area (Å²) >= 11 is 0. The Bertz CT molecular complexity index is 395. The minimum absolute atomic E-state index is 0.108. The number of nitrogens with zero attached hydrogens (tertiary/aromatic N) is 3. The zero-order chi connectivity index (χ0) is 11.5. The van der Waals surface area contributed by atoms with Crippen LogP contribution in [0.1, 0.15) is 19.8 Å². The SMILES string of the molecule is CC1CCCN(c2ncccc2[N+](=O)[O-])C1. The van der Waals surface area contributed by atoms with Gasteiger partial charge in [0.1, 0.15) is 0 Å². The molecule has 0 bridgehead atoms. The van der Waals surface area contributed by atoms with Crippen LogP contribution in [0.25, 0.3) is 0 Å². The molecule has 2 heterocycles. The van der Waals surface area contributed by atoms with Crippen LogP contribution in [0.2, 0.25) is 0 Å². The molecule has 0 aliphatic carbocycles. The fraction of sp³-hybridized carbons (Fsp3) is 0.545. The van der Waals surface area contributed by atoms with Crippen LogP contribution in [0.15, 0.2) is 18.3 Å². The standard InChI is InChI=1S/C11H15N3O2/c1-9-4-3-7-13(8-9)11-10(14(15)16)5-2-6-12-11/h2,5-6,9H,3-4,7-8H2,1H3. The lowest BCUT2D eigenvalue weighted by Crippen LogP contribution is -2.35. The third-order valence-electron chi connectivity index (χ3n) is 2.92. The van der Waals surface area contributed by atoms with E-state index in [9.17, 15) is 10.1 Å². The Morgan fingerprint density at radius 2 is 2.44 bits per heavy atom. The lowest BCUT2D eigenvalue weighted by atomic mass is 10.0. The largest absolute Gasteiger partial charge is 0.351 e.